The zero-order chi connectivity index (χ0) is 19.0. The summed E-state index contributed by atoms with van der Waals surface area (Å²) in [5.74, 6) is 2.19. The number of hydrogen-bond acceptors (Lipinski definition) is 2. The van der Waals surface area contributed by atoms with Crippen molar-refractivity contribution in [3.63, 3.8) is 0 Å². The van der Waals surface area contributed by atoms with Gasteiger partial charge in [0.1, 0.15) is 5.75 Å². The van der Waals surface area contributed by atoms with Crippen molar-refractivity contribution in [1.29, 1.82) is 0 Å². The average molecular weight is 376 g/mol. The number of aromatic hydroxyl groups is 1. The molecule has 148 valence electrons. The quantitative estimate of drug-likeness (QED) is 0.757. The molecular formula is C26H33NO. The van der Waals surface area contributed by atoms with Gasteiger partial charge in [0.05, 0.1) is 0 Å². The lowest BCUT2D eigenvalue weighted by molar-refractivity contribution is -0.0373. The van der Waals surface area contributed by atoms with Crippen LogP contribution in [0.1, 0.15) is 56.1 Å². The van der Waals surface area contributed by atoms with Gasteiger partial charge in [-0.1, -0.05) is 61.7 Å². The third-order valence-electron chi connectivity index (χ3n) is 8.05. The summed E-state index contributed by atoms with van der Waals surface area (Å²) >= 11 is 0. The van der Waals surface area contributed by atoms with E-state index in [9.17, 15) is 5.11 Å². The second-order valence-corrected chi connectivity index (χ2v) is 9.54. The fourth-order valence-electron chi connectivity index (χ4n) is 6.67. The number of benzene rings is 2. The van der Waals surface area contributed by atoms with E-state index in [-0.39, 0.29) is 5.41 Å². The van der Waals surface area contributed by atoms with Crippen molar-refractivity contribution in [3.8, 4) is 5.75 Å². The van der Waals surface area contributed by atoms with Crippen molar-refractivity contribution in [3.05, 3.63) is 65.7 Å². The molecule has 2 nitrogen and oxygen atoms in total. The molecule has 0 aromatic heterocycles. The van der Waals surface area contributed by atoms with Gasteiger partial charge in [0, 0.05) is 12.6 Å². The third kappa shape index (κ3) is 3.37. The molecule has 1 N–H and O–H groups in total. The highest BCUT2D eigenvalue weighted by molar-refractivity contribution is 5.35. The molecule has 2 saturated carbocycles. The first-order chi connectivity index (χ1) is 13.7. The summed E-state index contributed by atoms with van der Waals surface area (Å²) in [5, 5.41) is 10.1. The molecule has 2 aromatic carbocycles. The number of rotatable bonds is 4. The predicted molar refractivity (Wildman–Crippen MR) is 115 cm³/mol. The van der Waals surface area contributed by atoms with E-state index in [1.807, 2.05) is 12.1 Å². The van der Waals surface area contributed by atoms with Crippen LogP contribution in [-0.4, -0.2) is 29.1 Å². The van der Waals surface area contributed by atoms with Crippen LogP contribution in [0.3, 0.4) is 0 Å². The fraction of sp³-hybridized carbons (Fsp3) is 0.538. The third-order valence-corrected chi connectivity index (χ3v) is 8.05. The Morgan fingerprint density at radius 2 is 1.82 bits per heavy atom. The Bertz CT molecular complexity index is 803. The minimum Gasteiger partial charge on any atom is -0.508 e. The highest BCUT2D eigenvalue weighted by atomic mass is 16.3. The van der Waals surface area contributed by atoms with Gasteiger partial charge in [-0.25, -0.2) is 0 Å². The molecule has 1 heterocycles. The first-order valence-corrected chi connectivity index (χ1v) is 11.3. The maximum atomic E-state index is 10.1. The molecule has 1 saturated heterocycles. The number of phenolic OH excluding ortho intramolecular Hbond substituents is 1. The van der Waals surface area contributed by atoms with E-state index in [4.69, 9.17) is 0 Å². The van der Waals surface area contributed by atoms with Gasteiger partial charge in [0.2, 0.25) is 0 Å². The number of likely N-dealkylation sites (tertiary alicyclic amines) is 1. The SMILES string of the molecule is Oc1cccc([C@]23CCN(CCc4ccccc4)[C@H](C2)[C@H]2CCCC[C@@H]2C3)c1. The Hall–Kier alpha value is -1.80. The lowest BCUT2D eigenvalue weighted by atomic mass is 9.54. The summed E-state index contributed by atoms with van der Waals surface area (Å²) in [6, 6.07) is 19.9. The van der Waals surface area contributed by atoms with Gasteiger partial charge in [0.25, 0.3) is 0 Å². The minimum absolute atomic E-state index is 0.283. The van der Waals surface area contributed by atoms with Crippen molar-refractivity contribution in [2.75, 3.05) is 13.1 Å². The summed E-state index contributed by atoms with van der Waals surface area (Å²) in [6.07, 6.45) is 10.7. The number of piperidine rings is 1. The van der Waals surface area contributed by atoms with E-state index >= 15 is 0 Å². The van der Waals surface area contributed by atoms with Gasteiger partial charge in [-0.2, -0.15) is 0 Å². The molecule has 0 unspecified atom stereocenters. The summed E-state index contributed by atoms with van der Waals surface area (Å²) in [5.41, 5.74) is 3.14. The Kier molecular flexibility index (Phi) is 4.92. The molecule has 0 radical (unpaired) electrons. The zero-order valence-electron chi connectivity index (χ0n) is 16.9. The molecular weight excluding hydrogens is 342 g/mol. The van der Waals surface area contributed by atoms with Crippen LogP contribution in [0.15, 0.2) is 54.6 Å². The lowest BCUT2D eigenvalue weighted by Gasteiger charge is -2.58. The van der Waals surface area contributed by atoms with Crippen LogP contribution in [-0.2, 0) is 11.8 Å². The smallest absolute Gasteiger partial charge is 0.115 e. The van der Waals surface area contributed by atoms with Gasteiger partial charge in [-0.15, -0.1) is 0 Å². The second-order valence-electron chi connectivity index (χ2n) is 9.54. The van der Waals surface area contributed by atoms with Gasteiger partial charge >= 0.3 is 0 Å². The van der Waals surface area contributed by atoms with Crippen LogP contribution in [0.4, 0.5) is 0 Å². The zero-order valence-corrected chi connectivity index (χ0v) is 16.9. The Labute approximate surface area is 169 Å². The molecule has 2 aromatic rings. The van der Waals surface area contributed by atoms with Crippen molar-refractivity contribution in [2.45, 2.75) is 62.8 Å². The monoisotopic (exact) mass is 375 g/mol. The minimum atomic E-state index is 0.283. The maximum absolute atomic E-state index is 10.1. The van der Waals surface area contributed by atoms with Crippen LogP contribution in [0.2, 0.25) is 0 Å². The highest BCUT2D eigenvalue weighted by Crippen LogP contribution is 2.55. The van der Waals surface area contributed by atoms with Crippen molar-refractivity contribution in [1.82, 2.24) is 4.90 Å². The van der Waals surface area contributed by atoms with Crippen LogP contribution in [0.5, 0.6) is 5.75 Å². The Morgan fingerprint density at radius 1 is 0.964 bits per heavy atom. The molecule has 0 spiro atoms. The van der Waals surface area contributed by atoms with Crippen LogP contribution in [0.25, 0.3) is 0 Å². The van der Waals surface area contributed by atoms with Gasteiger partial charge in [-0.05, 0) is 79.2 Å². The topological polar surface area (TPSA) is 23.5 Å². The van der Waals surface area contributed by atoms with E-state index in [0.717, 1.165) is 24.3 Å². The van der Waals surface area contributed by atoms with Gasteiger partial charge in [0.15, 0.2) is 0 Å². The molecule has 28 heavy (non-hydrogen) atoms. The van der Waals surface area contributed by atoms with Crippen LogP contribution in [0, 0.1) is 11.8 Å². The largest absolute Gasteiger partial charge is 0.508 e. The number of fused-ring (bicyclic) bond motifs is 4. The summed E-state index contributed by atoms with van der Waals surface area (Å²) < 4.78 is 0. The van der Waals surface area contributed by atoms with E-state index in [0.29, 0.717) is 5.75 Å². The Morgan fingerprint density at radius 3 is 2.68 bits per heavy atom. The van der Waals surface area contributed by atoms with E-state index in [2.05, 4.69) is 47.4 Å². The van der Waals surface area contributed by atoms with Gasteiger partial charge in [-0.3, -0.25) is 4.90 Å². The number of hydrogen-bond donors (Lipinski definition) is 1. The number of nitrogens with zero attached hydrogens (tertiary/aromatic N) is 1. The lowest BCUT2D eigenvalue weighted by Crippen LogP contribution is -2.58. The Balaban J connectivity index is 1.40. The van der Waals surface area contributed by atoms with Crippen molar-refractivity contribution >= 4 is 0 Å². The first-order valence-electron chi connectivity index (χ1n) is 11.3. The number of phenols is 1. The maximum Gasteiger partial charge on any atom is 0.115 e. The fourth-order valence-corrected chi connectivity index (χ4v) is 6.67. The van der Waals surface area contributed by atoms with Crippen LogP contribution < -0.4 is 0 Å². The van der Waals surface area contributed by atoms with Crippen LogP contribution >= 0.6 is 0 Å². The molecule has 0 amide bonds. The van der Waals surface area contributed by atoms with Crippen molar-refractivity contribution in [2.24, 2.45) is 11.8 Å². The molecule has 3 aliphatic rings. The molecule has 2 bridgehead atoms. The highest BCUT2D eigenvalue weighted by Gasteiger charge is 2.51. The standard InChI is InChI=1S/C26H33NO/c28-23-11-6-10-22(17-23)26-14-16-27(15-13-20-7-2-1-3-8-20)25(19-26)24-12-5-4-9-21(24)18-26/h1-3,6-8,10-11,17,21,24-25,28H,4-5,9,12-16,18-19H2/t21-,24+,25-,26+/m1/s1. The van der Waals surface area contributed by atoms with E-state index in [1.165, 1.54) is 69.2 Å². The van der Waals surface area contributed by atoms with Crippen molar-refractivity contribution < 1.29 is 5.11 Å². The van der Waals surface area contributed by atoms with E-state index < -0.39 is 0 Å². The predicted octanol–water partition coefficient (Wildman–Crippen LogP) is 5.55. The summed E-state index contributed by atoms with van der Waals surface area (Å²) in [4.78, 5) is 2.83. The average Bonchev–Trinajstić information content (AvgIpc) is 2.74. The molecule has 3 fully saturated rings. The molecule has 1 aliphatic heterocycles. The normalized spacial score (nSPS) is 32.6. The molecule has 2 heteroatoms. The second kappa shape index (κ2) is 7.55. The summed E-state index contributed by atoms with van der Waals surface area (Å²) in [7, 11) is 0. The first kappa shape index (κ1) is 18.2. The summed E-state index contributed by atoms with van der Waals surface area (Å²) in [6.45, 7) is 2.39. The molecule has 4 atom stereocenters. The molecule has 5 rings (SSSR count). The van der Waals surface area contributed by atoms with E-state index in [1.54, 1.807) is 0 Å². The van der Waals surface area contributed by atoms with Gasteiger partial charge < -0.3 is 5.11 Å². The molecule has 2 aliphatic carbocycles.